The third kappa shape index (κ3) is 7.48. The molecule has 0 fully saturated rings. The number of halogens is 1. The molecule has 0 aliphatic rings. The van der Waals surface area contributed by atoms with Gasteiger partial charge in [-0.15, -0.1) is 12.4 Å². The first kappa shape index (κ1) is 17.6. The van der Waals surface area contributed by atoms with Crippen molar-refractivity contribution in [3.8, 4) is 0 Å². The highest BCUT2D eigenvalue weighted by Gasteiger charge is 2.15. The first-order valence-corrected chi connectivity index (χ1v) is 5.23. The van der Waals surface area contributed by atoms with Crippen LogP contribution in [-0.2, 0) is 14.3 Å². The fraction of sp³-hybridized carbons (Fsp3) is 0.800. The highest BCUT2D eigenvalue weighted by Crippen LogP contribution is 1.94. The van der Waals surface area contributed by atoms with Crippen LogP contribution in [-0.4, -0.2) is 50.1 Å². The van der Waals surface area contributed by atoms with Gasteiger partial charge in [0.1, 0.15) is 6.54 Å². The van der Waals surface area contributed by atoms with Crippen LogP contribution in [0.3, 0.4) is 0 Å². The molecule has 1 amide bonds. The summed E-state index contributed by atoms with van der Waals surface area (Å²) < 4.78 is 4.79. The molecule has 0 radical (unpaired) electrons. The Morgan fingerprint density at radius 3 is 2.38 bits per heavy atom. The average Bonchev–Trinajstić information content (AvgIpc) is 2.18. The number of esters is 1. The van der Waals surface area contributed by atoms with E-state index < -0.39 is 0 Å². The first-order valence-electron chi connectivity index (χ1n) is 5.23. The average molecular weight is 253 g/mol. The van der Waals surface area contributed by atoms with Crippen LogP contribution in [0.4, 0.5) is 0 Å². The topological polar surface area (TPSA) is 58.6 Å². The molecule has 0 saturated carbocycles. The molecule has 0 aromatic carbocycles. The van der Waals surface area contributed by atoms with Gasteiger partial charge in [-0.1, -0.05) is 6.92 Å². The molecule has 0 heterocycles. The number of nitrogens with zero attached hydrogens (tertiary/aromatic N) is 1. The van der Waals surface area contributed by atoms with E-state index in [1.807, 2.05) is 6.92 Å². The van der Waals surface area contributed by atoms with Gasteiger partial charge < -0.3 is 15.0 Å². The Morgan fingerprint density at radius 2 is 1.94 bits per heavy atom. The van der Waals surface area contributed by atoms with Gasteiger partial charge >= 0.3 is 5.97 Å². The second-order valence-electron chi connectivity index (χ2n) is 3.15. The minimum absolute atomic E-state index is 0. The Bertz CT molecular complexity index is 212. The molecule has 5 nitrogen and oxygen atoms in total. The molecule has 0 rings (SSSR count). The number of carbonyl (C=O) groups excluding carboxylic acids is 2. The smallest absolute Gasteiger partial charge is 0.325 e. The highest BCUT2D eigenvalue weighted by atomic mass is 35.5. The van der Waals surface area contributed by atoms with Gasteiger partial charge in [-0.3, -0.25) is 9.59 Å². The zero-order valence-corrected chi connectivity index (χ0v) is 10.9. The molecular weight excluding hydrogens is 232 g/mol. The summed E-state index contributed by atoms with van der Waals surface area (Å²) >= 11 is 0. The monoisotopic (exact) mass is 252 g/mol. The summed E-state index contributed by atoms with van der Waals surface area (Å²) in [6, 6.07) is 0. The molecule has 0 bridgehead atoms. The lowest BCUT2D eigenvalue weighted by atomic mass is 10.3. The van der Waals surface area contributed by atoms with Gasteiger partial charge in [-0.05, 0) is 20.4 Å². The maximum Gasteiger partial charge on any atom is 0.325 e. The summed E-state index contributed by atoms with van der Waals surface area (Å²) in [5, 5.41) is 2.77. The number of hydrogen-bond acceptors (Lipinski definition) is 4. The molecule has 0 saturated heterocycles. The summed E-state index contributed by atoms with van der Waals surface area (Å²) in [7, 11) is 1.70. The predicted molar refractivity (Wildman–Crippen MR) is 64.7 cm³/mol. The summed E-state index contributed by atoms with van der Waals surface area (Å²) in [6.07, 6.45) is 0.828. The zero-order chi connectivity index (χ0) is 11.7. The lowest BCUT2D eigenvalue weighted by Crippen LogP contribution is -2.41. The molecule has 96 valence electrons. The number of likely N-dealkylation sites (N-methyl/N-ethyl adjacent to an activating group) is 1. The van der Waals surface area contributed by atoms with E-state index in [9.17, 15) is 9.59 Å². The van der Waals surface area contributed by atoms with Gasteiger partial charge in [-0.25, -0.2) is 0 Å². The van der Waals surface area contributed by atoms with Gasteiger partial charge in [0.25, 0.3) is 0 Å². The second kappa shape index (κ2) is 10.7. The highest BCUT2D eigenvalue weighted by molar-refractivity contribution is 5.85. The van der Waals surface area contributed by atoms with Crippen LogP contribution in [0.25, 0.3) is 0 Å². The number of carbonyl (C=O) groups is 2. The molecular formula is C10H21ClN2O3. The lowest BCUT2D eigenvalue weighted by molar-refractivity contribution is -0.148. The largest absolute Gasteiger partial charge is 0.465 e. The van der Waals surface area contributed by atoms with Crippen molar-refractivity contribution in [1.82, 2.24) is 10.2 Å². The predicted octanol–water partition coefficient (Wildman–Crippen LogP) is 0.429. The van der Waals surface area contributed by atoms with Crippen LogP contribution in [0.2, 0.25) is 0 Å². The Labute approximate surface area is 103 Å². The molecule has 1 N–H and O–H groups in total. The third-order valence-corrected chi connectivity index (χ3v) is 1.80. The van der Waals surface area contributed by atoms with Gasteiger partial charge in [-0.2, -0.15) is 0 Å². The maximum atomic E-state index is 11.5. The van der Waals surface area contributed by atoms with Crippen LogP contribution < -0.4 is 5.32 Å². The van der Waals surface area contributed by atoms with Crippen LogP contribution >= 0.6 is 12.4 Å². The first-order chi connectivity index (χ1) is 7.15. The summed E-state index contributed by atoms with van der Waals surface area (Å²) in [5.74, 6) is -0.428. The number of hydrogen-bond donors (Lipinski definition) is 1. The van der Waals surface area contributed by atoms with Crippen LogP contribution in [0.5, 0.6) is 0 Å². The molecule has 0 aromatic heterocycles. The fourth-order valence-corrected chi connectivity index (χ4v) is 1.19. The van der Waals surface area contributed by atoms with E-state index in [1.165, 1.54) is 4.90 Å². The maximum absolute atomic E-state index is 11.5. The van der Waals surface area contributed by atoms with Crippen molar-refractivity contribution in [3.05, 3.63) is 0 Å². The number of amides is 1. The van der Waals surface area contributed by atoms with Crippen LogP contribution in [0.1, 0.15) is 20.3 Å². The van der Waals surface area contributed by atoms with Crippen LogP contribution in [0, 0.1) is 0 Å². The van der Waals surface area contributed by atoms with E-state index in [1.54, 1.807) is 14.0 Å². The SMILES string of the molecule is CCCN(CC(=O)OCC)C(=O)CNC.Cl. The van der Waals surface area contributed by atoms with Crippen molar-refractivity contribution in [3.63, 3.8) is 0 Å². The lowest BCUT2D eigenvalue weighted by Gasteiger charge is -2.20. The van der Waals surface area contributed by atoms with E-state index in [0.29, 0.717) is 13.2 Å². The van der Waals surface area contributed by atoms with Crippen molar-refractivity contribution in [1.29, 1.82) is 0 Å². The van der Waals surface area contributed by atoms with Crippen LogP contribution in [0.15, 0.2) is 0 Å². The van der Waals surface area contributed by atoms with E-state index in [2.05, 4.69) is 5.32 Å². The van der Waals surface area contributed by atoms with Gasteiger partial charge in [0.2, 0.25) is 5.91 Å². The molecule has 0 aliphatic heterocycles. The number of nitrogens with one attached hydrogen (secondary N) is 1. The Balaban J connectivity index is 0. The number of ether oxygens (including phenoxy) is 1. The minimum Gasteiger partial charge on any atom is -0.465 e. The van der Waals surface area contributed by atoms with Crippen molar-refractivity contribution in [2.75, 3.05) is 33.3 Å². The van der Waals surface area contributed by atoms with Gasteiger partial charge in [0, 0.05) is 6.54 Å². The summed E-state index contributed by atoms with van der Waals surface area (Å²) in [5.41, 5.74) is 0. The fourth-order valence-electron chi connectivity index (χ4n) is 1.19. The normalized spacial score (nSPS) is 9.19. The molecule has 0 atom stereocenters. The van der Waals surface area contributed by atoms with Crippen molar-refractivity contribution in [2.45, 2.75) is 20.3 Å². The van der Waals surface area contributed by atoms with Crippen molar-refractivity contribution < 1.29 is 14.3 Å². The standard InChI is InChI=1S/C10H20N2O3.ClH/c1-4-6-12(9(13)7-11-3)8-10(14)15-5-2;/h11H,4-8H2,1-3H3;1H. The second-order valence-corrected chi connectivity index (χ2v) is 3.15. The van der Waals surface area contributed by atoms with Crippen molar-refractivity contribution in [2.24, 2.45) is 0 Å². The summed E-state index contributed by atoms with van der Waals surface area (Å²) in [4.78, 5) is 24.2. The van der Waals surface area contributed by atoms with E-state index >= 15 is 0 Å². The van der Waals surface area contributed by atoms with Crippen molar-refractivity contribution >= 4 is 24.3 Å². The van der Waals surface area contributed by atoms with Gasteiger partial charge in [0.15, 0.2) is 0 Å². The number of rotatable bonds is 7. The van der Waals surface area contributed by atoms with E-state index in [4.69, 9.17) is 4.74 Å². The molecule has 0 unspecified atom stereocenters. The zero-order valence-electron chi connectivity index (χ0n) is 10.1. The third-order valence-electron chi connectivity index (χ3n) is 1.80. The Hall–Kier alpha value is -0.810. The molecule has 0 aromatic rings. The molecule has 16 heavy (non-hydrogen) atoms. The van der Waals surface area contributed by atoms with E-state index in [0.717, 1.165) is 6.42 Å². The van der Waals surface area contributed by atoms with Gasteiger partial charge in [0.05, 0.1) is 13.2 Å². The molecule has 6 heteroatoms. The van der Waals surface area contributed by atoms with E-state index in [-0.39, 0.29) is 37.4 Å². The Kier molecular flexibility index (Phi) is 11.8. The molecule has 0 spiro atoms. The Morgan fingerprint density at radius 1 is 1.31 bits per heavy atom. The summed E-state index contributed by atoms with van der Waals surface area (Å²) in [6.45, 7) is 4.93. The minimum atomic E-state index is -0.351. The quantitative estimate of drug-likeness (QED) is 0.668. The molecule has 0 aliphatic carbocycles.